The zero-order valence-electron chi connectivity index (χ0n) is 11.9. The molecule has 110 valence electrons. The van der Waals surface area contributed by atoms with Gasteiger partial charge in [0.05, 0.1) is 23.8 Å². The molecule has 2 rings (SSSR count). The molecule has 1 aromatic rings. The van der Waals surface area contributed by atoms with Gasteiger partial charge in [-0.3, -0.25) is 9.69 Å². The Kier molecular flexibility index (Phi) is 4.50. The highest BCUT2D eigenvalue weighted by Crippen LogP contribution is 2.18. The van der Waals surface area contributed by atoms with Crippen LogP contribution in [0.25, 0.3) is 0 Å². The van der Waals surface area contributed by atoms with Gasteiger partial charge >= 0.3 is 0 Å². The Hall–Kier alpha value is -1.33. The number of hydrogen-bond donors (Lipinski definition) is 0. The average Bonchev–Trinajstić information content (AvgIpc) is 2.36. The Balaban J connectivity index is 2.15. The van der Waals surface area contributed by atoms with Crippen LogP contribution in [0.15, 0.2) is 18.2 Å². The van der Waals surface area contributed by atoms with Crippen molar-refractivity contribution in [1.29, 1.82) is 0 Å². The molecule has 0 bridgehead atoms. The van der Waals surface area contributed by atoms with E-state index in [9.17, 15) is 13.6 Å². The van der Waals surface area contributed by atoms with Crippen molar-refractivity contribution in [2.75, 3.05) is 13.1 Å². The van der Waals surface area contributed by atoms with E-state index in [0.29, 0.717) is 13.1 Å². The Morgan fingerprint density at radius 3 is 2.45 bits per heavy atom. The highest BCUT2D eigenvalue weighted by Gasteiger charge is 2.30. The molecule has 1 aromatic carbocycles. The maximum atomic E-state index is 13.7. The van der Waals surface area contributed by atoms with Crippen LogP contribution in [-0.2, 0) is 4.74 Å². The van der Waals surface area contributed by atoms with E-state index in [1.807, 2.05) is 18.7 Å². The van der Waals surface area contributed by atoms with Gasteiger partial charge in [-0.05, 0) is 32.9 Å². The molecule has 1 saturated heterocycles. The number of ketones is 1. The van der Waals surface area contributed by atoms with Crippen molar-refractivity contribution in [2.45, 2.75) is 39.0 Å². The summed E-state index contributed by atoms with van der Waals surface area (Å²) in [6.07, 6.45) is 0.0686. The zero-order chi connectivity index (χ0) is 14.9. The first-order chi connectivity index (χ1) is 9.38. The van der Waals surface area contributed by atoms with Gasteiger partial charge in [-0.15, -0.1) is 0 Å². The summed E-state index contributed by atoms with van der Waals surface area (Å²) in [5.41, 5.74) is -0.0642. The molecule has 1 heterocycles. The Morgan fingerprint density at radius 2 is 1.90 bits per heavy atom. The van der Waals surface area contributed by atoms with E-state index in [1.165, 1.54) is 6.07 Å². The molecule has 0 aliphatic carbocycles. The van der Waals surface area contributed by atoms with Gasteiger partial charge < -0.3 is 4.74 Å². The fourth-order valence-electron chi connectivity index (χ4n) is 2.61. The molecule has 3 nitrogen and oxygen atoms in total. The maximum Gasteiger partial charge on any atom is 0.182 e. The highest BCUT2D eigenvalue weighted by molar-refractivity contribution is 6.00. The summed E-state index contributed by atoms with van der Waals surface area (Å²) in [7, 11) is 0. The van der Waals surface area contributed by atoms with E-state index in [-0.39, 0.29) is 23.6 Å². The third-order valence-corrected chi connectivity index (χ3v) is 3.57. The molecular formula is C15H19F2NO2. The smallest absolute Gasteiger partial charge is 0.182 e. The van der Waals surface area contributed by atoms with Gasteiger partial charge in [0.25, 0.3) is 0 Å². The lowest BCUT2D eigenvalue weighted by Gasteiger charge is -2.38. The van der Waals surface area contributed by atoms with Crippen molar-refractivity contribution in [3.63, 3.8) is 0 Å². The van der Waals surface area contributed by atoms with Gasteiger partial charge in [0.2, 0.25) is 0 Å². The van der Waals surface area contributed by atoms with Crippen molar-refractivity contribution in [2.24, 2.45) is 0 Å². The van der Waals surface area contributed by atoms with Gasteiger partial charge in [0.1, 0.15) is 11.6 Å². The van der Waals surface area contributed by atoms with E-state index >= 15 is 0 Å². The first kappa shape index (κ1) is 15.1. The summed E-state index contributed by atoms with van der Waals surface area (Å²) in [6.45, 7) is 6.88. The number of benzene rings is 1. The third-order valence-electron chi connectivity index (χ3n) is 3.57. The summed E-state index contributed by atoms with van der Waals surface area (Å²) in [4.78, 5) is 14.3. The second kappa shape index (κ2) is 5.97. The molecule has 1 aliphatic heterocycles. The number of carbonyl (C=O) groups excluding carboxylic acids is 1. The Labute approximate surface area is 117 Å². The molecule has 0 radical (unpaired) electrons. The molecule has 0 saturated carbocycles. The summed E-state index contributed by atoms with van der Waals surface area (Å²) in [6, 6.07) is 2.60. The van der Waals surface area contributed by atoms with Crippen molar-refractivity contribution < 1.29 is 18.3 Å². The second-order valence-corrected chi connectivity index (χ2v) is 5.38. The monoisotopic (exact) mass is 283 g/mol. The second-order valence-electron chi connectivity index (χ2n) is 5.38. The normalized spacial score (nSPS) is 25.4. The number of carbonyl (C=O) groups is 1. The van der Waals surface area contributed by atoms with Gasteiger partial charge in [-0.1, -0.05) is 0 Å². The molecule has 5 heteroatoms. The lowest BCUT2D eigenvalue weighted by molar-refractivity contribution is -0.0744. The van der Waals surface area contributed by atoms with E-state index < -0.39 is 17.7 Å². The van der Waals surface area contributed by atoms with Gasteiger partial charge in [0, 0.05) is 19.2 Å². The maximum absolute atomic E-state index is 13.7. The van der Waals surface area contributed by atoms with E-state index in [0.717, 1.165) is 12.1 Å². The standard InChI is InChI=1S/C15H19F2NO2/c1-9-7-18(8-10(2)20-9)11(3)15(19)13-5-4-12(16)6-14(13)17/h4-6,9-11H,7-8H2,1-3H3/t9-,10+,11?. The number of halogens is 2. The summed E-state index contributed by atoms with van der Waals surface area (Å²) >= 11 is 0. The minimum absolute atomic E-state index is 0.0343. The lowest BCUT2D eigenvalue weighted by atomic mass is 10.0. The molecule has 20 heavy (non-hydrogen) atoms. The van der Waals surface area contributed by atoms with Crippen LogP contribution in [0.1, 0.15) is 31.1 Å². The topological polar surface area (TPSA) is 29.5 Å². The van der Waals surface area contributed by atoms with Crippen molar-refractivity contribution in [3.8, 4) is 0 Å². The largest absolute Gasteiger partial charge is 0.373 e. The van der Waals surface area contributed by atoms with Crippen LogP contribution in [0.5, 0.6) is 0 Å². The quantitative estimate of drug-likeness (QED) is 0.799. The molecule has 0 spiro atoms. The number of rotatable bonds is 3. The lowest BCUT2D eigenvalue weighted by Crippen LogP contribution is -2.51. The average molecular weight is 283 g/mol. The SMILES string of the molecule is CC(C(=O)c1ccc(F)cc1F)N1C[C@@H](C)O[C@@H](C)C1. The van der Waals surface area contributed by atoms with E-state index in [2.05, 4.69) is 0 Å². The number of Topliss-reactive ketones (excluding diaryl/α,β-unsaturated/α-hetero) is 1. The molecular weight excluding hydrogens is 264 g/mol. The number of ether oxygens (including phenoxy) is 1. The molecule has 3 atom stereocenters. The molecule has 1 fully saturated rings. The summed E-state index contributed by atoms with van der Waals surface area (Å²) in [5.74, 6) is -1.82. The fourth-order valence-corrected chi connectivity index (χ4v) is 2.61. The van der Waals surface area contributed by atoms with Crippen LogP contribution in [0.2, 0.25) is 0 Å². The van der Waals surface area contributed by atoms with E-state index in [4.69, 9.17) is 4.74 Å². The van der Waals surface area contributed by atoms with Crippen LogP contribution in [0.4, 0.5) is 8.78 Å². The summed E-state index contributed by atoms with van der Waals surface area (Å²) in [5, 5.41) is 0. The van der Waals surface area contributed by atoms with Crippen LogP contribution >= 0.6 is 0 Å². The first-order valence-corrected chi connectivity index (χ1v) is 6.77. The van der Waals surface area contributed by atoms with Gasteiger partial charge in [-0.2, -0.15) is 0 Å². The molecule has 1 aliphatic rings. The Morgan fingerprint density at radius 1 is 1.30 bits per heavy atom. The van der Waals surface area contributed by atoms with Gasteiger partial charge in [-0.25, -0.2) is 8.78 Å². The molecule has 0 aromatic heterocycles. The number of morpholine rings is 1. The van der Waals surface area contributed by atoms with E-state index in [1.54, 1.807) is 6.92 Å². The fraction of sp³-hybridized carbons (Fsp3) is 0.533. The molecule has 1 unspecified atom stereocenters. The van der Waals surface area contributed by atoms with Crippen LogP contribution in [0.3, 0.4) is 0 Å². The predicted molar refractivity (Wildman–Crippen MR) is 71.7 cm³/mol. The zero-order valence-corrected chi connectivity index (χ0v) is 11.9. The van der Waals surface area contributed by atoms with Crippen molar-refractivity contribution in [1.82, 2.24) is 4.90 Å². The molecule has 0 N–H and O–H groups in total. The number of hydrogen-bond acceptors (Lipinski definition) is 3. The van der Waals surface area contributed by atoms with Crippen LogP contribution in [0, 0.1) is 11.6 Å². The summed E-state index contributed by atoms with van der Waals surface area (Å²) < 4.78 is 32.2. The van der Waals surface area contributed by atoms with Crippen LogP contribution < -0.4 is 0 Å². The minimum Gasteiger partial charge on any atom is -0.373 e. The minimum atomic E-state index is -0.809. The third kappa shape index (κ3) is 3.22. The van der Waals surface area contributed by atoms with Crippen molar-refractivity contribution in [3.05, 3.63) is 35.4 Å². The van der Waals surface area contributed by atoms with Crippen LogP contribution in [-0.4, -0.2) is 42.0 Å². The van der Waals surface area contributed by atoms with Crippen molar-refractivity contribution >= 4 is 5.78 Å². The molecule has 0 amide bonds. The highest BCUT2D eigenvalue weighted by atomic mass is 19.1. The predicted octanol–water partition coefficient (Wildman–Crippen LogP) is 2.65. The Bertz CT molecular complexity index is 497. The number of nitrogens with zero attached hydrogens (tertiary/aromatic N) is 1. The first-order valence-electron chi connectivity index (χ1n) is 6.77. The van der Waals surface area contributed by atoms with Gasteiger partial charge in [0.15, 0.2) is 5.78 Å².